The molecule has 210 valence electrons. The molecule has 0 aliphatic carbocycles. The van der Waals surface area contributed by atoms with Crippen molar-refractivity contribution in [3.8, 4) is 22.8 Å². The Morgan fingerprint density at radius 1 is 0.400 bits per heavy atom. The van der Waals surface area contributed by atoms with Crippen molar-refractivity contribution in [2.45, 2.75) is 0 Å². The number of hydrogen-bond acceptors (Lipinski definition) is 2. The van der Waals surface area contributed by atoms with Gasteiger partial charge in [0.05, 0.1) is 27.8 Å². The Morgan fingerprint density at radius 3 is 1.51 bits per heavy atom. The summed E-state index contributed by atoms with van der Waals surface area (Å²) in [7, 11) is 0. The monoisotopic (exact) mass is 575 g/mol. The molecule has 0 N–H and O–H groups in total. The Hall–Kier alpha value is -6.13. The zero-order valence-corrected chi connectivity index (χ0v) is 24.2. The highest BCUT2D eigenvalue weighted by atomic mass is 16.3. The van der Waals surface area contributed by atoms with Gasteiger partial charge in [0.25, 0.3) is 0 Å². The van der Waals surface area contributed by atoms with Crippen LogP contribution in [0.4, 0.5) is 0 Å². The van der Waals surface area contributed by atoms with Gasteiger partial charge in [0, 0.05) is 43.6 Å². The van der Waals surface area contributed by atoms with E-state index in [0.717, 1.165) is 55.7 Å². The van der Waals surface area contributed by atoms with Crippen molar-refractivity contribution < 1.29 is 4.42 Å². The Bertz CT molecular complexity index is 2670. The predicted molar refractivity (Wildman–Crippen MR) is 186 cm³/mol. The highest BCUT2D eigenvalue weighted by molar-refractivity contribution is 6.11. The number of nitrogens with zero attached hydrogens (tertiary/aromatic N) is 3. The Labute approximate surface area is 258 Å². The van der Waals surface area contributed by atoms with Gasteiger partial charge in [-0.25, -0.2) is 4.98 Å². The average molecular weight is 576 g/mol. The number of benzene rings is 6. The zero-order valence-electron chi connectivity index (χ0n) is 24.2. The van der Waals surface area contributed by atoms with E-state index >= 15 is 0 Å². The van der Waals surface area contributed by atoms with Gasteiger partial charge in [0.2, 0.25) is 0 Å². The summed E-state index contributed by atoms with van der Waals surface area (Å²) in [6, 6.07) is 53.5. The quantitative estimate of drug-likeness (QED) is 0.210. The van der Waals surface area contributed by atoms with Gasteiger partial charge in [-0.2, -0.15) is 0 Å². The lowest BCUT2D eigenvalue weighted by atomic mass is 10.1. The van der Waals surface area contributed by atoms with Crippen LogP contribution in [0, 0.1) is 0 Å². The zero-order chi connectivity index (χ0) is 29.5. The second-order valence-corrected chi connectivity index (χ2v) is 11.6. The van der Waals surface area contributed by atoms with Gasteiger partial charge in [0.15, 0.2) is 0 Å². The van der Waals surface area contributed by atoms with E-state index in [1.807, 2.05) is 0 Å². The second-order valence-electron chi connectivity index (χ2n) is 11.6. The van der Waals surface area contributed by atoms with Crippen molar-refractivity contribution in [1.29, 1.82) is 0 Å². The molecule has 0 saturated carbocycles. The largest absolute Gasteiger partial charge is 0.456 e. The highest BCUT2D eigenvalue weighted by Gasteiger charge is 2.16. The van der Waals surface area contributed by atoms with Crippen LogP contribution < -0.4 is 0 Å². The molecule has 4 heteroatoms. The Balaban J connectivity index is 1.15. The number of aromatic nitrogens is 3. The fraction of sp³-hybridized carbons (Fsp3) is 0. The number of pyridine rings is 1. The van der Waals surface area contributed by atoms with Crippen LogP contribution in [0.15, 0.2) is 156 Å². The Kier molecular flexibility index (Phi) is 4.96. The van der Waals surface area contributed by atoms with Crippen molar-refractivity contribution in [3.63, 3.8) is 0 Å². The van der Waals surface area contributed by atoms with Crippen LogP contribution in [0.2, 0.25) is 0 Å². The van der Waals surface area contributed by atoms with Gasteiger partial charge in [-0.05, 0) is 72.8 Å². The summed E-state index contributed by atoms with van der Waals surface area (Å²) in [4.78, 5) is 5.21. The number of fused-ring (bicyclic) bond motifs is 9. The Morgan fingerprint density at radius 2 is 0.911 bits per heavy atom. The number of hydrogen-bond donors (Lipinski definition) is 0. The summed E-state index contributed by atoms with van der Waals surface area (Å²) >= 11 is 0. The first-order valence-electron chi connectivity index (χ1n) is 15.2. The molecule has 0 bridgehead atoms. The maximum Gasteiger partial charge on any atom is 0.138 e. The first-order chi connectivity index (χ1) is 22.3. The molecular formula is C41H25N3O. The van der Waals surface area contributed by atoms with Gasteiger partial charge in [0.1, 0.15) is 17.0 Å². The van der Waals surface area contributed by atoms with Gasteiger partial charge in [-0.15, -0.1) is 0 Å². The van der Waals surface area contributed by atoms with Gasteiger partial charge in [-0.3, -0.25) is 4.57 Å². The minimum Gasteiger partial charge on any atom is -0.456 e. The van der Waals surface area contributed by atoms with Crippen LogP contribution in [0.1, 0.15) is 0 Å². The third-order valence-corrected chi connectivity index (χ3v) is 9.13. The lowest BCUT2D eigenvalue weighted by Gasteiger charge is -2.09. The third kappa shape index (κ3) is 3.51. The molecule has 4 heterocycles. The molecule has 10 aromatic rings. The fourth-order valence-corrected chi connectivity index (χ4v) is 7.14. The number of para-hydroxylation sites is 4. The summed E-state index contributed by atoms with van der Waals surface area (Å²) < 4.78 is 10.9. The molecule has 0 fully saturated rings. The first kappa shape index (κ1) is 24.3. The van der Waals surface area contributed by atoms with Crippen LogP contribution in [0.3, 0.4) is 0 Å². The molecule has 0 atom stereocenters. The van der Waals surface area contributed by atoms with E-state index in [4.69, 9.17) is 9.40 Å². The van der Waals surface area contributed by atoms with Crippen LogP contribution >= 0.6 is 0 Å². The molecule has 0 radical (unpaired) electrons. The minimum absolute atomic E-state index is 0.867. The molecule has 0 aliphatic rings. The molecule has 0 saturated heterocycles. The SMILES string of the molecule is c1cc(-c2ccc3oc4ccc(-n5c6ccccc6c6ccccc65)cc4c3c2)nc(-n2c3ccccc3c3ccccc32)c1. The van der Waals surface area contributed by atoms with E-state index < -0.39 is 0 Å². The van der Waals surface area contributed by atoms with Crippen LogP contribution in [-0.2, 0) is 0 Å². The predicted octanol–water partition coefficient (Wildman–Crippen LogP) is 10.8. The standard InChI is InChI=1S/C41H25N3O/c1-5-15-35-28(10-1)29-11-2-6-16-36(29)43(35)27-21-23-40-33(25-27)32-24-26(20-22-39(32)45-40)34-14-9-19-41(42-34)44-37-17-7-3-12-30(37)31-13-4-8-18-38(31)44/h1-25H. The molecule has 45 heavy (non-hydrogen) atoms. The normalized spacial score (nSPS) is 12.0. The van der Waals surface area contributed by atoms with Crippen molar-refractivity contribution in [3.05, 3.63) is 152 Å². The topological polar surface area (TPSA) is 35.9 Å². The fourth-order valence-electron chi connectivity index (χ4n) is 7.14. The molecule has 0 spiro atoms. The second kappa shape index (κ2) is 9.18. The summed E-state index contributed by atoms with van der Waals surface area (Å²) in [6.45, 7) is 0. The van der Waals surface area contributed by atoms with E-state index in [-0.39, 0.29) is 0 Å². The minimum atomic E-state index is 0.867. The number of furan rings is 1. The summed E-state index contributed by atoms with van der Waals surface area (Å²) in [6.07, 6.45) is 0. The maximum absolute atomic E-state index is 6.34. The van der Waals surface area contributed by atoms with Crippen molar-refractivity contribution in [1.82, 2.24) is 14.1 Å². The molecule has 0 aliphatic heterocycles. The molecule has 10 rings (SSSR count). The van der Waals surface area contributed by atoms with E-state index in [1.54, 1.807) is 0 Å². The summed E-state index contributed by atoms with van der Waals surface area (Å²) in [5.41, 5.74) is 9.51. The van der Waals surface area contributed by atoms with E-state index in [9.17, 15) is 0 Å². The highest BCUT2D eigenvalue weighted by Crippen LogP contribution is 2.37. The van der Waals surface area contributed by atoms with Gasteiger partial charge in [-0.1, -0.05) is 78.9 Å². The van der Waals surface area contributed by atoms with E-state index in [1.165, 1.54) is 32.6 Å². The third-order valence-electron chi connectivity index (χ3n) is 9.13. The molecular weight excluding hydrogens is 550 g/mol. The molecule has 4 aromatic heterocycles. The van der Waals surface area contributed by atoms with Gasteiger partial charge < -0.3 is 8.98 Å². The van der Waals surface area contributed by atoms with E-state index in [2.05, 4.69) is 161 Å². The molecule has 6 aromatic carbocycles. The van der Waals surface area contributed by atoms with Crippen LogP contribution in [0.25, 0.3) is 88.3 Å². The van der Waals surface area contributed by atoms with Crippen molar-refractivity contribution >= 4 is 65.6 Å². The summed E-state index contributed by atoms with van der Waals surface area (Å²) in [5, 5.41) is 7.12. The van der Waals surface area contributed by atoms with E-state index in [0.29, 0.717) is 0 Å². The lowest BCUT2D eigenvalue weighted by Crippen LogP contribution is -1.98. The first-order valence-corrected chi connectivity index (χ1v) is 15.2. The smallest absolute Gasteiger partial charge is 0.138 e. The molecule has 0 amide bonds. The average Bonchev–Trinajstić information content (AvgIpc) is 3.75. The molecule has 0 unspecified atom stereocenters. The van der Waals surface area contributed by atoms with Crippen molar-refractivity contribution in [2.24, 2.45) is 0 Å². The van der Waals surface area contributed by atoms with Gasteiger partial charge >= 0.3 is 0 Å². The van der Waals surface area contributed by atoms with Crippen LogP contribution in [-0.4, -0.2) is 14.1 Å². The maximum atomic E-state index is 6.34. The van der Waals surface area contributed by atoms with Crippen molar-refractivity contribution in [2.75, 3.05) is 0 Å². The lowest BCUT2D eigenvalue weighted by molar-refractivity contribution is 0.669. The summed E-state index contributed by atoms with van der Waals surface area (Å²) in [5.74, 6) is 0.899. The van der Waals surface area contributed by atoms with Crippen LogP contribution in [0.5, 0.6) is 0 Å². The molecule has 4 nitrogen and oxygen atoms in total. The number of rotatable bonds is 3.